The number of hydrogen-bond donors (Lipinski definition) is 1. The predicted octanol–water partition coefficient (Wildman–Crippen LogP) is 4.45. The van der Waals surface area contributed by atoms with Gasteiger partial charge < -0.3 is 5.11 Å². The van der Waals surface area contributed by atoms with Crippen molar-refractivity contribution >= 4 is 22.1 Å². The van der Waals surface area contributed by atoms with Crippen LogP contribution in [-0.4, -0.2) is 29.6 Å². The van der Waals surface area contributed by atoms with Gasteiger partial charge in [0, 0.05) is 23.6 Å². The predicted molar refractivity (Wildman–Crippen MR) is 126 cm³/mol. The molecule has 0 unspecified atom stereocenters. The van der Waals surface area contributed by atoms with Crippen LogP contribution in [0, 0.1) is 5.82 Å². The molecule has 0 amide bonds. The molecule has 0 spiro atoms. The van der Waals surface area contributed by atoms with Gasteiger partial charge in [0.15, 0.2) is 9.84 Å². The van der Waals surface area contributed by atoms with Gasteiger partial charge >= 0.3 is 0 Å². The molecule has 6 nitrogen and oxygen atoms in total. The zero-order valence-corrected chi connectivity index (χ0v) is 18.3. The molecule has 0 saturated heterocycles. The summed E-state index contributed by atoms with van der Waals surface area (Å²) in [6.45, 7) is 0. The number of rotatable bonds is 5. The molecule has 166 valence electrons. The summed E-state index contributed by atoms with van der Waals surface area (Å²) in [5, 5.41) is 14.2. The van der Waals surface area contributed by atoms with Gasteiger partial charge in [0.2, 0.25) is 0 Å². The highest BCUT2D eigenvalue weighted by atomic mass is 32.2. The number of halogens is 1. The first-order valence-electron chi connectivity index (χ1n) is 9.88. The van der Waals surface area contributed by atoms with Gasteiger partial charge in [-0.25, -0.2) is 17.5 Å². The highest BCUT2D eigenvalue weighted by Crippen LogP contribution is 2.30. The van der Waals surface area contributed by atoms with Gasteiger partial charge in [0.1, 0.15) is 11.6 Å². The number of para-hydroxylation sites is 1. The maximum absolute atomic E-state index is 13.5. The molecule has 33 heavy (non-hydrogen) atoms. The lowest BCUT2D eigenvalue weighted by Gasteiger charge is -2.11. The van der Waals surface area contributed by atoms with Crippen molar-refractivity contribution in [2.45, 2.75) is 4.90 Å². The van der Waals surface area contributed by atoms with Gasteiger partial charge in [-0.1, -0.05) is 42.5 Å². The van der Waals surface area contributed by atoms with Crippen molar-refractivity contribution in [1.29, 1.82) is 0 Å². The van der Waals surface area contributed by atoms with Crippen molar-refractivity contribution in [1.82, 2.24) is 9.78 Å². The average molecular weight is 463 g/mol. The van der Waals surface area contributed by atoms with Gasteiger partial charge in [-0.05, 0) is 47.5 Å². The van der Waals surface area contributed by atoms with Crippen LogP contribution >= 0.6 is 0 Å². The standard InChI is InChI=1S/C25H19FN2O4S/c1-33(31,32)21-12-8-17(9-13-21)22-16-27-28(15-14-18-4-2-3-5-23(18)29)25(30)24(22)19-6-10-20(26)11-7-19/h2-16,29H,1H3. The quantitative estimate of drug-likeness (QED) is 0.473. The minimum absolute atomic E-state index is 0.0585. The minimum atomic E-state index is -3.37. The van der Waals surface area contributed by atoms with E-state index in [1.165, 1.54) is 54.9 Å². The van der Waals surface area contributed by atoms with Gasteiger partial charge in [-0.15, -0.1) is 0 Å². The Labute approximate surface area is 189 Å². The van der Waals surface area contributed by atoms with Gasteiger partial charge in [-0.2, -0.15) is 5.10 Å². The smallest absolute Gasteiger partial charge is 0.279 e. The van der Waals surface area contributed by atoms with E-state index in [1.807, 2.05) is 0 Å². The Morgan fingerprint density at radius 1 is 0.939 bits per heavy atom. The topological polar surface area (TPSA) is 89.3 Å². The Kier molecular flexibility index (Phi) is 5.93. The van der Waals surface area contributed by atoms with Crippen molar-refractivity contribution < 1.29 is 17.9 Å². The van der Waals surface area contributed by atoms with Crippen molar-refractivity contribution in [3.8, 4) is 28.0 Å². The summed E-state index contributed by atoms with van der Waals surface area (Å²) >= 11 is 0. The largest absolute Gasteiger partial charge is 0.507 e. The maximum Gasteiger partial charge on any atom is 0.279 e. The molecule has 0 aliphatic heterocycles. The van der Waals surface area contributed by atoms with Crippen LogP contribution in [0.2, 0.25) is 0 Å². The first-order chi connectivity index (χ1) is 15.7. The lowest BCUT2D eigenvalue weighted by atomic mass is 9.97. The van der Waals surface area contributed by atoms with E-state index in [4.69, 9.17) is 0 Å². The molecule has 0 saturated carbocycles. The molecule has 3 aromatic carbocycles. The summed E-state index contributed by atoms with van der Waals surface area (Å²) in [6.07, 6.45) is 5.59. The fraction of sp³-hybridized carbons (Fsp3) is 0.0400. The second kappa shape index (κ2) is 8.84. The number of benzene rings is 3. The highest BCUT2D eigenvalue weighted by molar-refractivity contribution is 7.90. The number of aromatic nitrogens is 2. The molecule has 0 fully saturated rings. The Hall–Kier alpha value is -4.04. The SMILES string of the molecule is CS(=O)(=O)c1ccc(-c2cnn(C=Cc3ccccc3O)c(=O)c2-c2ccc(F)cc2)cc1. The minimum Gasteiger partial charge on any atom is -0.507 e. The van der Waals surface area contributed by atoms with Crippen molar-refractivity contribution in [2.24, 2.45) is 0 Å². The van der Waals surface area contributed by atoms with Crippen LogP contribution in [0.15, 0.2) is 88.7 Å². The van der Waals surface area contributed by atoms with E-state index in [9.17, 15) is 22.7 Å². The fourth-order valence-electron chi connectivity index (χ4n) is 3.35. The molecule has 1 N–H and O–H groups in total. The molecular formula is C25H19FN2O4S. The van der Waals surface area contributed by atoms with E-state index >= 15 is 0 Å². The monoisotopic (exact) mass is 462 g/mol. The zero-order valence-electron chi connectivity index (χ0n) is 17.5. The van der Waals surface area contributed by atoms with Gasteiger partial charge in [0.25, 0.3) is 5.56 Å². The zero-order chi connectivity index (χ0) is 23.6. The fourth-order valence-corrected chi connectivity index (χ4v) is 3.98. The molecule has 8 heteroatoms. The highest BCUT2D eigenvalue weighted by Gasteiger charge is 2.16. The van der Waals surface area contributed by atoms with E-state index < -0.39 is 21.2 Å². The molecule has 0 aliphatic carbocycles. The lowest BCUT2D eigenvalue weighted by molar-refractivity contribution is 0.474. The molecule has 0 aliphatic rings. The molecule has 1 aromatic heterocycles. The molecule has 0 radical (unpaired) electrons. The van der Waals surface area contributed by atoms with Crippen molar-refractivity contribution in [3.05, 3.63) is 101 Å². The summed E-state index contributed by atoms with van der Waals surface area (Å²) < 4.78 is 38.2. The second-order valence-corrected chi connectivity index (χ2v) is 9.38. The number of sulfone groups is 1. The first-order valence-corrected chi connectivity index (χ1v) is 11.8. The molecule has 1 heterocycles. The molecule has 4 aromatic rings. The average Bonchev–Trinajstić information content (AvgIpc) is 2.79. The number of aromatic hydroxyl groups is 1. The van der Waals surface area contributed by atoms with Crippen LogP contribution in [0.1, 0.15) is 5.56 Å². The summed E-state index contributed by atoms with van der Waals surface area (Å²) in [4.78, 5) is 13.5. The van der Waals surface area contributed by atoms with E-state index in [-0.39, 0.29) is 16.2 Å². The van der Waals surface area contributed by atoms with E-state index in [1.54, 1.807) is 36.4 Å². The third kappa shape index (κ3) is 4.75. The Morgan fingerprint density at radius 3 is 2.21 bits per heavy atom. The van der Waals surface area contributed by atoms with Gasteiger partial charge in [-0.3, -0.25) is 4.79 Å². The van der Waals surface area contributed by atoms with Crippen molar-refractivity contribution in [3.63, 3.8) is 0 Å². The summed E-state index contributed by atoms with van der Waals surface area (Å²) in [7, 11) is -3.37. The number of phenols is 1. The van der Waals surface area contributed by atoms with E-state index in [0.717, 1.165) is 10.9 Å². The number of hydrogen-bond acceptors (Lipinski definition) is 5. The molecule has 0 atom stereocenters. The normalized spacial score (nSPS) is 11.7. The third-order valence-electron chi connectivity index (χ3n) is 5.06. The Balaban J connectivity index is 1.87. The van der Waals surface area contributed by atoms with Crippen LogP contribution in [0.5, 0.6) is 5.75 Å². The molecular weight excluding hydrogens is 443 g/mol. The van der Waals surface area contributed by atoms with E-state index in [0.29, 0.717) is 22.3 Å². The number of phenolic OH excluding ortho intramolecular Hbond substituents is 1. The lowest BCUT2D eigenvalue weighted by Crippen LogP contribution is -2.21. The maximum atomic E-state index is 13.5. The second-order valence-electron chi connectivity index (χ2n) is 7.36. The van der Waals surface area contributed by atoms with Gasteiger partial charge in [0.05, 0.1) is 16.7 Å². The molecule has 4 rings (SSSR count). The Morgan fingerprint density at radius 2 is 1.58 bits per heavy atom. The third-order valence-corrected chi connectivity index (χ3v) is 6.19. The van der Waals surface area contributed by atoms with Crippen LogP contribution in [-0.2, 0) is 9.84 Å². The van der Waals surface area contributed by atoms with Crippen LogP contribution in [0.3, 0.4) is 0 Å². The summed E-state index contributed by atoms with van der Waals surface area (Å²) in [5.74, 6) is -0.380. The first kappa shape index (κ1) is 22.2. The van der Waals surface area contributed by atoms with Crippen LogP contribution < -0.4 is 5.56 Å². The summed E-state index contributed by atoms with van der Waals surface area (Å²) in [5.41, 5.74) is 1.87. The van der Waals surface area contributed by atoms with Crippen LogP contribution in [0.4, 0.5) is 4.39 Å². The summed E-state index contributed by atoms with van der Waals surface area (Å²) in [6, 6.07) is 18.3. The van der Waals surface area contributed by atoms with Crippen LogP contribution in [0.25, 0.3) is 34.5 Å². The Bertz CT molecular complexity index is 1510. The van der Waals surface area contributed by atoms with E-state index in [2.05, 4.69) is 5.10 Å². The van der Waals surface area contributed by atoms with Crippen molar-refractivity contribution in [2.75, 3.05) is 6.26 Å². The molecule has 0 bridgehead atoms. The number of nitrogens with zero attached hydrogens (tertiary/aromatic N) is 2.